The Balaban J connectivity index is 0.00000338. The second-order valence-corrected chi connectivity index (χ2v) is 6.52. The fourth-order valence-corrected chi connectivity index (χ4v) is 3.20. The fraction of sp³-hybridized carbons (Fsp3) is 0.579. The van der Waals surface area contributed by atoms with Crippen molar-refractivity contribution >= 4 is 24.3 Å². The van der Waals surface area contributed by atoms with E-state index in [0.29, 0.717) is 19.4 Å². The van der Waals surface area contributed by atoms with Crippen molar-refractivity contribution in [2.75, 3.05) is 20.3 Å². The quantitative estimate of drug-likeness (QED) is 0.669. The van der Waals surface area contributed by atoms with Crippen LogP contribution in [0.25, 0.3) is 0 Å². The Morgan fingerprint density at radius 1 is 1.27 bits per heavy atom. The first-order valence-electron chi connectivity index (χ1n) is 8.86. The number of benzene rings is 1. The number of hydrogen-bond acceptors (Lipinski definition) is 5. The molecule has 0 spiro atoms. The van der Waals surface area contributed by atoms with Gasteiger partial charge >= 0.3 is 5.97 Å². The number of amides is 1. The maximum atomic E-state index is 12.2. The Hall–Kier alpha value is -1.79. The van der Waals surface area contributed by atoms with Crippen molar-refractivity contribution in [3.63, 3.8) is 0 Å². The Bertz CT molecular complexity index is 579. The average Bonchev–Trinajstić information content (AvgIpc) is 3.06. The number of ether oxygens (including phenoxy) is 2. The molecule has 26 heavy (non-hydrogen) atoms. The van der Waals surface area contributed by atoms with Crippen LogP contribution in [0, 0.1) is 11.8 Å². The van der Waals surface area contributed by atoms with Gasteiger partial charge in [-0.25, -0.2) is 0 Å². The summed E-state index contributed by atoms with van der Waals surface area (Å²) in [4.78, 5) is 24.3. The van der Waals surface area contributed by atoms with Gasteiger partial charge in [0, 0.05) is 18.5 Å². The van der Waals surface area contributed by atoms with Crippen molar-refractivity contribution in [1.29, 1.82) is 0 Å². The molecule has 146 valence electrons. The molecule has 0 heterocycles. The number of esters is 1. The van der Waals surface area contributed by atoms with Gasteiger partial charge < -0.3 is 20.5 Å². The summed E-state index contributed by atoms with van der Waals surface area (Å²) < 4.78 is 10.3. The number of nitrogens with one attached hydrogen (secondary N) is 1. The highest BCUT2D eigenvalue weighted by Gasteiger charge is 2.29. The van der Waals surface area contributed by atoms with Crippen molar-refractivity contribution in [2.24, 2.45) is 17.6 Å². The minimum atomic E-state index is -0.415. The van der Waals surface area contributed by atoms with Gasteiger partial charge in [-0.3, -0.25) is 9.59 Å². The molecule has 0 radical (unpaired) electrons. The highest BCUT2D eigenvalue weighted by atomic mass is 35.5. The van der Waals surface area contributed by atoms with Crippen LogP contribution in [0.5, 0.6) is 5.75 Å². The van der Waals surface area contributed by atoms with Gasteiger partial charge in [-0.05, 0) is 50.3 Å². The molecule has 7 heteroatoms. The maximum absolute atomic E-state index is 12.2. The molecule has 1 aliphatic carbocycles. The minimum Gasteiger partial charge on any atom is -0.494 e. The highest BCUT2D eigenvalue weighted by Crippen LogP contribution is 2.24. The van der Waals surface area contributed by atoms with E-state index in [4.69, 9.17) is 15.2 Å². The van der Waals surface area contributed by atoms with Gasteiger partial charge in [0.2, 0.25) is 5.91 Å². The lowest BCUT2D eigenvalue weighted by Crippen LogP contribution is -2.37. The third-order valence-electron chi connectivity index (χ3n) is 4.62. The zero-order chi connectivity index (χ0) is 18.2. The average molecular weight is 385 g/mol. The van der Waals surface area contributed by atoms with Gasteiger partial charge in [-0.15, -0.1) is 12.4 Å². The van der Waals surface area contributed by atoms with Gasteiger partial charge in [-0.2, -0.15) is 0 Å². The van der Waals surface area contributed by atoms with Crippen molar-refractivity contribution in [3.05, 3.63) is 29.8 Å². The van der Waals surface area contributed by atoms with Gasteiger partial charge in [0.25, 0.3) is 0 Å². The molecule has 3 unspecified atom stereocenters. The van der Waals surface area contributed by atoms with Gasteiger partial charge in [0.1, 0.15) is 5.75 Å². The third kappa shape index (κ3) is 6.50. The van der Waals surface area contributed by atoms with E-state index in [0.717, 1.165) is 24.2 Å². The molecule has 2 rings (SSSR count). The number of hydrogen-bond donors (Lipinski definition) is 2. The van der Waals surface area contributed by atoms with Crippen LogP contribution < -0.4 is 15.8 Å². The molecule has 0 aliphatic heterocycles. The molecule has 1 aromatic rings. The zero-order valence-corrected chi connectivity index (χ0v) is 16.2. The molecule has 0 bridgehead atoms. The maximum Gasteiger partial charge on any atom is 0.310 e. The van der Waals surface area contributed by atoms with Crippen LogP contribution >= 0.6 is 12.4 Å². The first-order chi connectivity index (χ1) is 12.0. The van der Waals surface area contributed by atoms with Crippen LogP contribution in [0.15, 0.2) is 24.3 Å². The van der Waals surface area contributed by atoms with Gasteiger partial charge in [0.15, 0.2) is 0 Å². The third-order valence-corrected chi connectivity index (χ3v) is 4.62. The van der Waals surface area contributed by atoms with Crippen molar-refractivity contribution in [3.8, 4) is 5.75 Å². The lowest BCUT2D eigenvalue weighted by Gasteiger charge is -2.17. The summed E-state index contributed by atoms with van der Waals surface area (Å²) in [6.07, 6.45) is 2.91. The first-order valence-corrected chi connectivity index (χ1v) is 8.86. The summed E-state index contributed by atoms with van der Waals surface area (Å²) in [7, 11) is 1.37. The van der Waals surface area contributed by atoms with E-state index in [9.17, 15) is 9.59 Å². The van der Waals surface area contributed by atoms with Crippen LogP contribution in [0.2, 0.25) is 0 Å². The van der Waals surface area contributed by atoms with Crippen molar-refractivity contribution in [2.45, 2.75) is 38.6 Å². The fourth-order valence-electron chi connectivity index (χ4n) is 3.20. The van der Waals surface area contributed by atoms with Gasteiger partial charge in [-0.1, -0.05) is 12.1 Å². The van der Waals surface area contributed by atoms with Crippen LogP contribution in [0.4, 0.5) is 0 Å². The number of rotatable bonds is 8. The molecule has 3 atom stereocenters. The normalized spacial score (nSPS) is 20.0. The largest absolute Gasteiger partial charge is 0.494 e. The SMILES string of the molecule is CCOc1ccc(CC(CNC(=O)C2CCC(N)C2)C(=O)OC)cc1.Cl. The molecule has 1 aliphatic rings. The summed E-state index contributed by atoms with van der Waals surface area (Å²) in [5, 5.41) is 2.89. The Labute approximate surface area is 161 Å². The lowest BCUT2D eigenvalue weighted by atomic mass is 9.98. The van der Waals surface area contributed by atoms with E-state index in [2.05, 4.69) is 5.32 Å². The van der Waals surface area contributed by atoms with Crippen LogP contribution in [-0.2, 0) is 20.7 Å². The Kier molecular flexibility index (Phi) is 9.44. The molecule has 1 saturated carbocycles. The molecule has 1 amide bonds. The van der Waals surface area contributed by atoms with Crippen LogP contribution in [0.3, 0.4) is 0 Å². The predicted octanol–water partition coefficient (Wildman–Crippen LogP) is 2.08. The summed E-state index contributed by atoms with van der Waals surface area (Å²) in [6, 6.07) is 7.73. The van der Waals surface area contributed by atoms with E-state index in [1.165, 1.54) is 7.11 Å². The summed E-state index contributed by atoms with van der Waals surface area (Å²) >= 11 is 0. The van der Waals surface area contributed by atoms with E-state index >= 15 is 0 Å². The molecule has 1 aromatic carbocycles. The van der Waals surface area contributed by atoms with Crippen LogP contribution in [-0.4, -0.2) is 38.2 Å². The van der Waals surface area contributed by atoms with Crippen molar-refractivity contribution < 1.29 is 19.1 Å². The Morgan fingerprint density at radius 2 is 1.96 bits per heavy atom. The zero-order valence-electron chi connectivity index (χ0n) is 15.4. The Morgan fingerprint density at radius 3 is 2.50 bits per heavy atom. The topological polar surface area (TPSA) is 90.6 Å². The van der Waals surface area contributed by atoms with Crippen molar-refractivity contribution in [1.82, 2.24) is 5.32 Å². The predicted molar refractivity (Wildman–Crippen MR) is 102 cm³/mol. The number of carbonyl (C=O) groups excluding carboxylic acids is 2. The number of carbonyl (C=O) groups is 2. The minimum absolute atomic E-state index is 0. The van der Waals surface area contributed by atoms with Gasteiger partial charge in [0.05, 0.1) is 19.6 Å². The molecule has 0 saturated heterocycles. The summed E-state index contributed by atoms with van der Waals surface area (Å²) in [5.41, 5.74) is 6.86. The van der Waals surface area contributed by atoms with E-state index in [1.54, 1.807) is 0 Å². The van der Waals surface area contributed by atoms with Crippen LogP contribution in [0.1, 0.15) is 31.7 Å². The molecule has 3 N–H and O–H groups in total. The molecular weight excluding hydrogens is 356 g/mol. The lowest BCUT2D eigenvalue weighted by molar-refractivity contribution is -0.145. The summed E-state index contributed by atoms with van der Waals surface area (Å²) in [6.45, 7) is 2.81. The molecule has 1 fully saturated rings. The molecule has 0 aromatic heterocycles. The second kappa shape index (κ2) is 11.0. The number of methoxy groups -OCH3 is 1. The summed E-state index contributed by atoms with van der Waals surface area (Å²) in [5.74, 6) is -0.00154. The molecular formula is C19H29ClN2O4. The number of halogens is 1. The van der Waals surface area contributed by atoms with E-state index in [1.807, 2.05) is 31.2 Å². The highest BCUT2D eigenvalue weighted by molar-refractivity contribution is 5.85. The first kappa shape index (κ1) is 22.3. The standard InChI is InChI=1S/C19H28N2O4.ClH/c1-3-25-17-8-4-13(5-9-17)10-15(19(23)24-2)12-21-18(22)14-6-7-16(20)11-14;/h4-5,8-9,14-16H,3,6-7,10-12,20H2,1-2H3,(H,21,22);1H. The van der Waals surface area contributed by atoms with E-state index < -0.39 is 5.92 Å². The monoisotopic (exact) mass is 384 g/mol. The number of nitrogens with two attached hydrogens (primary N) is 1. The smallest absolute Gasteiger partial charge is 0.310 e. The molecule has 6 nitrogen and oxygen atoms in total. The van der Waals surface area contributed by atoms with E-state index in [-0.39, 0.29) is 42.8 Å². The second-order valence-electron chi connectivity index (χ2n) is 6.52.